The molecule has 1 heterocycles. The van der Waals surface area contributed by atoms with Crippen LogP contribution in [0.4, 0.5) is 0 Å². The SMILES string of the molecule is COc1cccc(C2=N/C(=C\c3ccc(OC(=O)/C=C/c4ccccc4)c(OC)c3)C(=O)O2)c1. The van der Waals surface area contributed by atoms with E-state index in [2.05, 4.69) is 4.99 Å². The van der Waals surface area contributed by atoms with Crippen LogP contribution in [0.15, 0.2) is 89.6 Å². The average molecular weight is 455 g/mol. The number of aliphatic imine (C=N–C) groups is 1. The van der Waals surface area contributed by atoms with Crippen LogP contribution in [-0.4, -0.2) is 32.1 Å². The number of hydrogen-bond acceptors (Lipinski definition) is 7. The zero-order valence-electron chi connectivity index (χ0n) is 18.6. The third-order valence-corrected chi connectivity index (χ3v) is 4.85. The molecule has 0 unspecified atom stereocenters. The summed E-state index contributed by atoms with van der Waals surface area (Å²) >= 11 is 0. The van der Waals surface area contributed by atoms with Crippen LogP contribution in [0.5, 0.6) is 17.2 Å². The van der Waals surface area contributed by atoms with Gasteiger partial charge in [0.1, 0.15) is 5.75 Å². The van der Waals surface area contributed by atoms with Gasteiger partial charge in [0, 0.05) is 11.6 Å². The van der Waals surface area contributed by atoms with Gasteiger partial charge in [-0.25, -0.2) is 14.6 Å². The van der Waals surface area contributed by atoms with Crippen molar-refractivity contribution in [2.45, 2.75) is 0 Å². The summed E-state index contributed by atoms with van der Waals surface area (Å²) in [5, 5.41) is 0. The molecule has 1 aliphatic rings. The van der Waals surface area contributed by atoms with Crippen LogP contribution in [0.1, 0.15) is 16.7 Å². The number of carbonyl (C=O) groups excluding carboxylic acids is 2. The highest BCUT2D eigenvalue weighted by molar-refractivity contribution is 6.13. The van der Waals surface area contributed by atoms with Gasteiger partial charge in [-0.05, 0) is 53.6 Å². The van der Waals surface area contributed by atoms with Crippen molar-refractivity contribution in [1.82, 2.24) is 0 Å². The molecule has 0 saturated heterocycles. The second kappa shape index (κ2) is 10.3. The van der Waals surface area contributed by atoms with Gasteiger partial charge < -0.3 is 18.9 Å². The van der Waals surface area contributed by atoms with E-state index in [1.807, 2.05) is 30.3 Å². The van der Waals surface area contributed by atoms with Crippen LogP contribution >= 0.6 is 0 Å². The van der Waals surface area contributed by atoms with E-state index in [0.29, 0.717) is 22.6 Å². The number of esters is 2. The van der Waals surface area contributed by atoms with Gasteiger partial charge in [0.2, 0.25) is 5.90 Å². The number of ether oxygens (including phenoxy) is 4. The Bertz CT molecular complexity index is 1310. The monoisotopic (exact) mass is 455 g/mol. The summed E-state index contributed by atoms with van der Waals surface area (Å²) in [5.41, 5.74) is 2.26. The van der Waals surface area contributed by atoms with Gasteiger partial charge >= 0.3 is 11.9 Å². The zero-order valence-corrected chi connectivity index (χ0v) is 18.6. The molecule has 3 aromatic carbocycles. The van der Waals surface area contributed by atoms with Crippen LogP contribution in [0.25, 0.3) is 12.2 Å². The molecule has 34 heavy (non-hydrogen) atoms. The second-order valence-corrected chi connectivity index (χ2v) is 7.14. The molecule has 1 aliphatic heterocycles. The summed E-state index contributed by atoms with van der Waals surface area (Å²) in [6.07, 6.45) is 4.57. The van der Waals surface area contributed by atoms with Gasteiger partial charge in [0.15, 0.2) is 17.2 Å². The van der Waals surface area contributed by atoms with Crippen molar-refractivity contribution in [2.75, 3.05) is 14.2 Å². The quantitative estimate of drug-likeness (QED) is 0.293. The minimum atomic E-state index is -0.571. The highest BCUT2D eigenvalue weighted by atomic mass is 16.6. The Labute approximate surface area is 196 Å². The zero-order chi connectivity index (χ0) is 23.9. The van der Waals surface area contributed by atoms with Gasteiger partial charge in [0.25, 0.3) is 0 Å². The molecular formula is C27H21NO6. The van der Waals surface area contributed by atoms with Gasteiger partial charge in [-0.3, -0.25) is 0 Å². The lowest BCUT2D eigenvalue weighted by atomic mass is 10.1. The molecule has 0 radical (unpaired) electrons. The van der Waals surface area contributed by atoms with E-state index in [4.69, 9.17) is 18.9 Å². The van der Waals surface area contributed by atoms with Crippen LogP contribution in [0, 0.1) is 0 Å². The minimum Gasteiger partial charge on any atom is -0.497 e. The number of carbonyl (C=O) groups is 2. The van der Waals surface area contributed by atoms with Crippen LogP contribution in [-0.2, 0) is 14.3 Å². The fraction of sp³-hybridized carbons (Fsp3) is 0.0741. The summed E-state index contributed by atoms with van der Waals surface area (Å²) < 4.78 is 21.3. The number of nitrogens with zero attached hydrogens (tertiary/aromatic N) is 1. The van der Waals surface area contributed by atoms with E-state index >= 15 is 0 Å². The molecule has 170 valence electrons. The van der Waals surface area contributed by atoms with E-state index < -0.39 is 11.9 Å². The van der Waals surface area contributed by atoms with Crippen molar-refractivity contribution >= 4 is 30.0 Å². The van der Waals surface area contributed by atoms with Gasteiger partial charge in [0.05, 0.1) is 14.2 Å². The molecule has 7 nitrogen and oxygen atoms in total. The maximum absolute atomic E-state index is 12.3. The van der Waals surface area contributed by atoms with Crippen molar-refractivity contribution < 1.29 is 28.5 Å². The molecule has 0 saturated carbocycles. The van der Waals surface area contributed by atoms with Crippen molar-refractivity contribution in [2.24, 2.45) is 4.99 Å². The van der Waals surface area contributed by atoms with E-state index in [1.165, 1.54) is 13.2 Å². The first-order chi connectivity index (χ1) is 16.6. The van der Waals surface area contributed by atoms with E-state index in [-0.39, 0.29) is 17.3 Å². The molecular weight excluding hydrogens is 434 g/mol. The number of cyclic esters (lactones) is 1. The van der Waals surface area contributed by atoms with Crippen molar-refractivity contribution in [3.8, 4) is 17.2 Å². The Hall–Kier alpha value is -4.65. The summed E-state index contributed by atoms with van der Waals surface area (Å²) in [6.45, 7) is 0. The molecule has 0 amide bonds. The molecule has 0 atom stereocenters. The van der Waals surface area contributed by atoms with E-state index in [9.17, 15) is 9.59 Å². The lowest BCUT2D eigenvalue weighted by Gasteiger charge is -2.08. The minimum absolute atomic E-state index is 0.135. The van der Waals surface area contributed by atoms with E-state index in [0.717, 1.165) is 5.56 Å². The largest absolute Gasteiger partial charge is 0.497 e. The molecule has 0 fully saturated rings. The fourth-order valence-corrected chi connectivity index (χ4v) is 3.18. The number of hydrogen-bond donors (Lipinski definition) is 0. The molecule has 0 spiro atoms. The van der Waals surface area contributed by atoms with Crippen LogP contribution in [0.3, 0.4) is 0 Å². The standard InChI is InChI=1S/C27H21NO6/c1-31-21-10-6-9-20(17-21)26-28-22(27(30)34-26)15-19-11-13-23(24(16-19)32-2)33-25(29)14-12-18-7-4-3-5-8-18/h3-17H,1-2H3/b14-12+,22-15-. The Morgan fingerprint density at radius 1 is 0.882 bits per heavy atom. The van der Waals surface area contributed by atoms with Crippen molar-refractivity contribution in [3.63, 3.8) is 0 Å². The summed E-state index contributed by atoms with van der Waals surface area (Å²) in [5.74, 6) is 0.291. The third-order valence-electron chi connectivity index (χ3n) is 4.85. The average Bonchev–Trinajstić information content (AvgIpc) is 3.24. The first kappa shape index (κ1) is 22.5. The maximum Gasteiger partial charge on any atom is 0.363 e. The Morgan fingerprint density at radius 3 is 2.47 bits per heavy atom. The maximum atomic E-state index is 12.3. The predicted octanol–water partition coefficient (Wildman–Crippen LogP) is 4.67. The third kappa shape index (κ3) is 5.39. The number of rotatable bonds is 7. The Kier molecular flexibility index (Phi) is 6.84. The molecule has 0 N–H and O–H groups in total. The van der Waals surface area contributed by atoms with Crippen LogP contribution < -0.4 is 14.2 Å². The van der Waals surface area contributed by atoms with Crippen molar-refractivity contribution in [1.29, 1.82) is 0 Å². The molecule has 4 rings (SSSR count). The predicted molar refractivity (Wildman–Crippen MR) is 128 cm³/mol. The van der Waals surface area contributed by atoms with Crippen molar-refractivity contribution in [3.05, 3.63) is 101 Å². The summed E-state index contributed by atoms with van der Waals surface area (Å²) in [7, 11) is 3.02. The summed E-state index contributed by atoms with van der Waals surface area (Å²) in [4.78, 5) is 28.8. The first-order valence-electron chi connectivity index (χ1n) is 10.4. The fourth-order valence-electron chi connectivity index (χ4n) is 3.18. The van der Waals surface area contributed by atoms with E-state index in [1.54, 1.807) is 61.7 Å². The summed E-state index contributed by atoms with van der Waals surface area (Å²) in [6, 6.07) is 21.4. The molecule has 0 aliphatic carbocycles. The number of methoxy groups -OCH3 is 2. The van der Waals surface area contributed by atoms with Gasteiger partial charge in [-0.15, -0.1) is 0 Å². The first-order valence-corrected chi connectivity index (χ1v) is 10.4. The Morgan fingerprint density at radius 2 is 1.71 bits per heavy atom. The molecule has 3 aromatic rings. The lowest BCUT2D eigenvalue weighted by molar-refractivity contribution is -0.130. The molecule has 7 heteroatoms. The number of benzene rings is 3. The topological polar surface area (TPSA) is 83.4 Å². The highest BCUT2D eigenvalue weighted by Gasteiger charge is 2.24. The lowest BCUT2D eigenvalue weighted by Crippen LogP contribution is -2.05. The highest BCUT2D eigenvalue weighted by Crippen LogP contribution is 2.30. The smallest absolute Gasteiger partial charge is 0.363 e. The normalized spacial score (nSPS) is 14.1. The molecule has 0 bridgehead atoms. The Balaban J connectivity index is 1.51. The van der Waals surface area contributed by atoms with Gasteiger partial charge in [-0.2, -0.15) is 0 Å². The van der Waals surface area contributed by atoms with Gasteiger partial charge in [-0.1, -0.05) is 42.5 Å². The molecule has 0 aromatic heterocycles. The van der Waals surface area contributed by atoms with Crippen LogP contribution in [0.2, 0.25) is 0 Å². The second-order valence-electron chi connectivity index (χ2n) is 7.14.